The quantitative estimate of drug-likeness (QED) is 0.291. The Morgan fingerprint density at radius 1 is 0.647 bits per heavy atom. The Bertz CT molecular complexity index is 744. The van der Waals surface area contributed by atoms with Crippen molar-refractivity contribution >= 4 is 0 Å². The van der Waals surface area contributed by atoms with E-state index in [2.05, 4.69) is 74.5 Å². The molecular weight excluding hydrogens is 416 g/mol. The molecule has 0 unspecified atom stereocenters. The molecule has 188 valence electrons. The lowest BCUT2D eigenvalue weighted by Crippen LogP contribution is -2.24. The van der Waals surface area contributed by atoms with Crippen LogP contribution < -0.4 is 0 Å². The first kappa shape index (κ1) is 27.0. The number of hydrogen-bond acceptors (Lipinski definition) is 2. The molecule has 2 aromatic carbocycles. The first-order valence-corrected chi connectivity index (χ1v) is 14.2. The summed E-state index contributed by atoms with van der Waals surface area (Å²) in [6.45, 7) is 4.53. The number of hydrogen-bond donors (Lipinski definition) is 0. The van der Waals surface area contributed by atoms with Crippen molar-refractivity contribution in [2.45, 2.75) is 128 Å². The molecule has 2 nitrogen and oxygen atoms in total. The van der Waals surface area contributed by atoms with Crippen LogP contribution >= 0.6 is 0 Å². The summed E-state index contributed by atoms with van der Waals surface area (Å²) in [6.07, 6.45) is 18.6. The standard InChI is InChI=1S/C32H48O2/c1-3-4-5-6-7-8-9-10-17-24-30-25-18-19-27(2)33-31(28-20-13-11-14-21-28)26-32(34-30)29-22-15-12-16-23-29/h11-16,20-23,27,30-32H,3-10,17-19,24-26H2,1-2H3/t27-,30-,31-,32-/m0/s1. The molecule has 0 amide bonds. The van der Waals surface area contributed by atoms with Gasteiger partial charge in [0.15, 0.2) is 0 Å². The largest absolute Gasteiger partial charge is 0.370 e. The molecule has 34 heavy (non-hydrogen) atoms. The summed E-state index contributed by atoms with van der Waals surface area (Å²) in [5.74, 6) is 0. The fourth-order valence-corrected chi connectivity index (χ4v) is 5.25. The molecule has 2 aromatic rings. The van der Waals surface area contributed by atoms with E-state index in [9.17, 15) is 0 Å². The first-order valence-electron chi connectivity index (χ1n) is 14.2. The fraction of sp³-hybridized carbons (Fsp3) is 0.625. The smallest absolute Gasteiger partial charge is 0.0856 e. The topological polar surface area (TPSA) is 18.5 Å². The van der Waals surface area contributed by atoms with E-state index in [0.29, 0.717) is 6.10 Å². The molecule has 0 N–H and O–H groups in total. The maximum Gasteiger partial charge on any atom is 0.0856 e. The van der Waals surface area contributed by atoms with E-state index in [-0.39, 0.29) is 18.3 Å². The summed E-state index contributed by atoms with van der Waals surface area (Å²) in [5.41, 5.74) is 2.53. The van der Waals surface area contributed by atoms with Crippen molar-refractivity contribution in [2.75, 3.05) is 0 Å². The minimum Gasteiger partial charge on any atom is -0.370 e. The predicted molar refractivity (Wildman–Crippen MR) is 144 cm³/mol. The minimum atomic E-state index is 0.0628. The lowest BCUT2D eigenvalue weighted by Gasteiger charge is -2.32. The Hall–Kier alpha value is -1.64. The van der Waals surface area contributed by atoms with E-state index in [1.54, 1.807) is 0 Å². The van der Waals surface area contributed by atoms with Crippen molar-refractivity contribution in [1.29, 1.82) is 0 Å². The van der Waals surface area contributed by atoms with Crippen LogP contribution in [0.5, 0.6) is 0 Å². The van der Waals surface area contributed by atoms with E-state index in [1.807, 2.05) is 0 Å². The Balaban J connectivity index is 1.59. The second kappa shape index (κ2) is 16.1. The van der Waals surface area contributed by atoms with Gasteiger partial charge in [-0.3, -0.25) is 0 Å². The van der Waals surface area contributed by atoms with Crippen molar-refractivity contribution < 1.29 is 9.47 Å². The molecule has 1 fully saturated rings. The highest BCUT2D eigenvalue weighted by molar-refractivity contribution is 5.21. The van der Waals surface area contributed by atoms with Crippen LogP contribution in [0.25, 0.3) is 0 Å². The van der Waals surface area contributed by atoms with Gasteiger partial charge >= 0.3 is 0 Å². The molecule has 0 radical (unpaired) electrons. The highest BCUT2D eigenvalue weighted by Gasteiger charge is 2.26. The van der Waals surface area contributed by atoms with Crippen LogP contribution in [0.4, 0.5) is 0 Å². The zero-order valence-corrected chi connectivity index (χ0v) is 21.8. The van der Waals surface area contributed by atoms with Gasteiger partial charge in [-0.1, -0.05) is 125 Å². The Morgan fingerprint density at radius 2 is 1.18 bits per heavy atom. The van der Waals surface area contributed by atoms with Crippen molar-refractivity contribution in [3.05, 3.63) is 71.8 Å². The predicted octanol–water partition coefficient (Wildman–Crippen LogP) is 9.75. The molecule has 0 spiro atoms. The van der Waals surface area contributed by atoms with E-state index < -0.39 is 0 Å². The highest BCUT2D eigenvalue weighted by atomic mass is 16.5. The molecule has 1 aliphatic heterocycles. The second-order valence-electron chi connectivity index (χ2n) is 10.3. The molecule has 0 bridgehead atoms. The lowest BCUT2D eigenvalue weighted by atomic mass is 9.96. The SMILES string of the molecule is CCCCCCCCCCC[C@H]1CCC[C@H](C)O[C@H](c2ccccc2)C[C@@H](c2ccccc2)O1. The fourth-order valence-electron chi connectivity index (χ4n) is 5.25. The maximum absolute atomic E-state index is 6.89. The third kappa shape index (κ3) is 9.92. The van der Waals surface area contributed by atoms with Crippen molar-refractivity contribution in [2.24, 2.45) is 0 Å². The molecule has 2 heteroatoms. The molecule has 1 heterocycles. The van der Waals surface area contributed by atoms with Gasteiger partial charge < -0.3 is 9.47 Å². The van der Waals surface area contributed by atoms with Gasteiger partial charge in [-0.15, -0.1) is 0 Å². The Kier molecular flexibility index (Phi) is 12.8. The van der Waals surface area contributed by atoms with Gasteiger partial charge in [0, 0.05) is 6.42 Å². The van der Waals surface area contributed by atoms with Crippen LogP contribution in [0.1, 0.15) is 127 Å². The van der Waals surface area contributed by atoms with E-state index in [0.717, 1.165) is 19.3 Å². The minimum absolute atomic E-state index is 0.0628. The maximum atomic E-state index is 6.89. The summed E-state index contributed by atoms with van der Waals surface area (Å²) in [6, 6.07) is 21.5. The molecule has 1 saturated heterocycles. The van der Waals surface area contributed by atoms with Crippen LogP contribution in [0.3, 0.4) is 0 Å². The normalized spacial score (nSPS) is 24.1. The van der Waals surface area contributed by atoms with Gasteiger partial charge in [-0.05, 0) is 43.7 Å². The first-order chi connectivity index (χ1) is 16.8. The molecule has 1 aliphatic rings. The highest BCUT2D eigenvalue weighted by Crippen LogP contribution is 2.36. The van der Waals surface area contributed by atoms with Crippen molar-refractivity contribution in [3.8, 4) is 0 Å². The summed E-state index contributed by atoms with van der Waals surface area (Å²) in [4.78, 5) is 0. The van der Waals surface area contributed by atoms with Gasteiger partial charge in [0.25, 0.3) is 0 Å². The molecule has 0 saturated carbocycles. The van der Waals surface area contributed by atoms with Crippen LogP contribution in [0, 0.1) is 0 Å². The Morgan fingerprint density at radius 3 is 1.76 bits per heavy atom. The molecule has 4 atom stereocenters. The summed E-state index contributed by atoms with van der Waals surface area (Å²) in [5, 5.41) is 0. The number of ether oxygens (including phenoxy) is 2. The number of unbranched alkanes of at least 4 members (excludes halogenated alkanes) is 8. The zero-order chi connectivity index (χ0) is 23.8. The second-order valence-corrected chi connectivity index (χ2v) is 10.3. The average Bonchev–Trinajstić information content (AvgIpc) is 2.87. The van der Waals surface area contributed by atoms with Crippen LogP contribution in [0.2, 0.25) is 0 Å². The lowest BCUT2D eigenvalue weighted by molar-refractivity contribution is -0.0880. The zero-order valence-electron chi connectivity index (χ0n) is 21.8. The van der Waals surface area contributed by atoms with Crippen LogP contribution in [0.15, 0.2) is 60.7 Å². The molecule has 0 aromatic heterocycles. The third-order valence-electron chi connectivity index (χ3n) is 7.29. The van der Waals surface area contributed by atoms with Crippen LogP contribution in [-0.2, 0) is 9.47 Å². The molecular formula is C32H48O2. The van der Waals surface area contributed by atoms with E-state index in [1.165, 1.54) is 81.8 Å². The van der Waals surface area contributed by atoms with Gasteiger partial charge in [0.1, 0.15) is 0 Å². The average molecular weight is 465 g/mol. The van der Waals surface area contributed by atoms with E-state index in [4.69, 9.17) is 9.47 Å². The number of benzene rings is 2. The van der Waals surface area contributed by atoms with Gasteiger partial charge in [-0.25, -0.2) is 0 Å². The van der Waals surface area contributed by atoms with Crippen molar-refractivity contribution in [3.63, 3.8) is 0 Å². The molecule has 0 aliphatic carbocycles. The van der Waals surface area contributed by atoms with Gasteiger partial charge in [0.2, 0.25) is 0 Å². The molecule has 3 rings (SSSR count). The number of rotatable bonds is 12. The summed E-state index contributed by atoms with van der Waals surface area (Å²) < 4.78 is 13.5. The summed E-state index contributed by atoms with van der Waals surface area (Å²) in [7, 11) is 0. The van der Waals surface area contributed by atoms with Gasteiger partial charge in [-0.2, -0.15) is 0 Å². The third-order valence-corrected chi connectivity index (χ3v) is 7.29. The summed E-state index contributed by atoms with van der Waals surface area (Å²) >= 11 is 0. The van der Waals surface area contributed by atoms with E-state index >= 15 is 0 Å². The van der Waals surface area contributed by atoms with Crippen LogP contribution in [-0.4, -0.2) is 12.2 Å². The Labute approximate surface area is 209 Å². The monoisotopic (exact) mass is 464 g/mol. The van der Waals surface area contributed by atoms with Crippen molar-refractivity contribution in [1.82, 2.24) is 0 Å². The van der Waals surface area contributed by atoms with Gasteiger partial charge in [0.05, 0.1) is 24.4 Å².